The summed E-state index contributed by atoms with van der Waals surface area (Å²) in [6.07, 6.45) is 0.943. The first kappa shape index (κ1) is 21.2. The predicted octanol–water partition coefficient (Wildman–Crippen LogP) is 5.81. The number of nitrogens with zero attached hydrogens (tertiary/aromatic N) is 3. The van der Waals surface area contributed by atoms with Gasteiger partial charge < -0.3 is 14.9 Å². The number of piperazine rings is 1. The number of aromatic hydroxyl groups is 1. The molecule has 1 saturated heterocycles. The summed E-state index contributed by atoms with van der Waals surface area (Å²) in [5.41, 5.74) is 7.76. The van der Waals surface area contributed by atoms with Gasteiger partial charge in [0.2, 0.25) is 0 Å². The average molecular weight is 506 g/mol. The van der Waals surface area contributed by atoms with E-state index < -0.39 is 0 Å². The van der Waals surface area contributed by atoms with Gasteiger partial charge in [0.15, 0.2) is 0 Å². The predicted molar refractivity (Wildman–Crippen MR) is 137 cm³/mol. The largest absolute Gasteiger partial charge is 0.506 e. The molecule has 5 rings (SSSR count). The normalized spacial score (nSPS) is 15.9. The van der Waals surface area contributed by atoms with Crippen LogP contribution in [0, 0.1) is 11.3 Å². The van der Waals surface area contributed by atoms with E-state index in [1.165, 1.54) is 22.3 Å². The summed E-state index contributed by atoms with van der Waals surface area (Å²) >= 11 is 5.49. The maximum absolute atomic E-state index is 10.2. The van der Waals surface area contributed by atoms with Crippen LogP contribution in [0.4, 0.5) is 11.4 Å². The Morgan fingerprint density at radius 2 is 1.59 bits per heavy atom. The number of hydrogen-bond acceptors (Lipinski definition) is 5. The van der Waals surface area contributed by atoms with E-state index in [2.05, 4.69) is 62.1 Å². The van der Waals surface area contributed by atoms with Crippen molar-refractivity contribution in [2.45, 2.75) is 12.2 Å². The Morgan fingerprint density at radius 1 is 0.906 bits per heavy atom. The molecule has 6 heteroatoms. The Morgan fingerprint density at radius 3 is 2.28 bits per heavy atom. The molecule has 162 valence electrons. The molecule has 0 saturated carbocycles. The van der Waals surface area contributed by atoms with Crippen LogP contribution in [-0.4, -0.2) is 37.0 Å². The molecule has 2 aliphatic rings. The monoisotopic (exact) mass is 505 g/mol. The fourth-order valence-electron chi connectivity index (χ4n) is 4.73. The van der Waals surface area contributed by atoms with Gasteiger partial charge in [-0.2, -0.15) is 17.0 Å². The van der Waals surface area contributed by atoms with Gasteiger partial charge in [-0.15, -0.1) is 0 Å². The molecule has 0 amide bonds. The fourth-order valence-corrected chi connectivity index (χ4v) is 6.03. The number of fused-ring (bicyclic) bond motifs is 1. The zero-order chi connectivity index (χ0) is 22.1. The maximum Gasteiger partial charge on any atom is 0.138 e. The minimum atomic E-state index is 0.322. The molecule has 1 fully saturated rings. The van der Waals surface area contributed by atoms with Crippen LogP contribution in [-0.2, 0) is 12.2 Å². The number of anilines is 2. The second-order valence-corrected chi connectivity index (χ2v) is 10.2. The van der Waals surface area contributed by atoms with Crippen molar-refractivity contribution < 1.29 is 5.11 Å². The first-order valence-electron chi connectivity index (χ1n) is 10.9. The summed E-state index contributed by atoms with van der Waals surface area (Å²) in [6, 6.07) is 20.8. The zero-order valence-electron chi connectivity index (χ0n) is 17.7. The molecule has 0 bridgehead atoms. The van der Waals surface area contributed by atoms with E-state index in [0.29, 0.717) is 5.75 Å². The Kier molecular flexibility index (Phi) is 6.03. The number of thioether (sulfide) groups is 1. The van der Waals surface area contributed by atoms with E-state index >= 15 is 0 Å². The number of rotatable bonds is 3. The highest BCUT2D eigenvalue weighted by Crippen LogP contribution is 2.41. The van der Waals surface area contributed by atoms with Crippen molar-refractivity contribution in [1.29, 1.82) is 5.26 Å². The standard InChI is InChI=1S/C26H24BrN3OS/c27-19-7-5-18(6-8-19)21-15-25(22(16-28)20-9-14-32-17-23(20)21)30-12-10-29(11-13-30)24-3-1-2-4-26(24)31/h1-8,15,31H,9-14,17H2. The zero-order valence-corrected chi connectivity index (χ0v) is 20.1. The second-order valence-electron chi connectivity index (χ2n) is 8.16. The van der Waals surface area contributed by atoms with Crippen molar-refractivity contribution in [3.05, 3.63) is 75.8 Å². The van der Waals surface area contributed by atoms with Crippen LogP contribution in [0.15, 0.2) is 59.1 Å². The Balaban J connectivity index is 1.51. The van der Waals surface area contributed by atoms with Crippen molar-refractivity contribution in [1.82, 2.24) is 0 Å². The molecule has 2 aliphatic heterocycles. The summed E-state index contributed by atoms with van der Waals surface area (Å²) in [5.74, 6) is 2.34. The summed E-state index contributed by atoms with van der Waals surface area (Å²) < 4.78 is 1.07. The van der Waals surface area contributed by atoms with Gasteiger partial charge in [0, 0.05) is 36.4 Å². The van der Waals surface area contributed by atoms with Gasteiger partial charge in [0.1, 0.15) is 11.8 Å². The van der Waals surface area contributed by atoms with E-state index in [4.69, 9.17) is 0 Å². The second kappa shape index (κ2) is 9.09. The average Bonchev–Trinajstić information content (AvgIpc) is 2.84. The first-order valence-corrected chi connectivity index (χ1v) is 12.8. The van der Waals surface area contributed by atoms with E-state index in [1.807, 2.05) is 30.0 Å². The van der Waals surface area contributed by atoms with Crippen LogP contribution >= 0.6 is 27.7 Å². The van der Waals surface area contributed by atoms with Crippen LogP contribution < -0.4 is 9.80 Å². The smallest absolute Gasteiger partial charge is 0.138 e. The van der Waals surface area contributed by atoms with Crippen LogP contribution in [0.3, 0.4) is 0 Å². The molecular weight excluding hydrogens is 482 g/mol. The molecule has 0 unspecified atom stereocenters. The highest BCUT2D eigenvalue weighted by molar-refractivity contribution is 9.10. The van der Waals surface area contributed by atoms with Crippen molar-refractivity contribution in [3.8, 4) is 22.9 Å². The molecule has 3 aromatic rings. The Labute approximate surface area is 201 Å². The highest BCUT2D eigenvalue weighted by atomic mass is 79.9. The van der Waals surface area contributed by atoms with E-state index in [-0.39, 0.29) is 0 Å². The third kappa shape index (κ3) is 3.96. The summed E-state index contributed by atoms with van der Waals surface area (Å²) in [5, 5.41) is 20.4. The van der Waals surface area contributed by atoms with Crippen LogP contribution in [0.25, 0.3) is 11.1 Å². The van der Waals surface area contributed by atoms with Crippen molar-refractivity contribution in [2.75, 3.05) is 41.7 Å². The van der Waals surface area contributed by atoms with Gasteiger partial charge in [-0.1, -0.05) is 40.2 Å². The molecule has 0 aliphatic carbocycles. The van der Waals surface area contributed by atoms with Gasteiger partial charge in [0.25, 0.3) is 0 Å². The van der Waals surface area contributed by atoms with E-state index in [9.17, 15) is 10.4 Å². The highest BCUT2D eigenvalue weighted by Gasteiger charge is 2.26. The van der Waals surface area contributed by atoms with Gasteiger partial charge in [-0.3, -0.25) is 0 Å². The number of benzene rings is 3. The molecule has 32 heavy (non-hydrogen) atoms. The molecule has 4 nitrogen and oxygen atoms in total. The lowest BCUT2D eigenvalue weighted by molar-refractivity contribution is 0.472. The number of phenolic OH excluding ortho intramolecular Hbond substituents is 1. The third-order valence-corrected chi connectivity index (χ3v) is 7.90. The van der Waals surface area contributed by atoms with Crippen molar-refractivity contribution in [2.24, 2.45) is 0 Å². The van der Waals surface area contributed by atoms with Crippen molar-refractivity contribution in [3.63, 3.8) is 0 Å². The molecular formula is C26H24BrN3OS. The molecule has 2 heterocycles. The SMILES string of the molecule is N#Cc1c(N2CCN(c3ccccc3O)CC2)cc(-c2ccc(Br)cc2)c2c1CCSC2. The van der Waals surface area contributed by atoms with E-state index in [1.54, 1.807) is 6.07 Å². The van der Waals surface area contributed by atoms with Gasteiger partial charge >= 0.3 is 0 Å². The Hall–Kier alpha value is -2.62. The number of para-hydroxylation sites is 2. The molecule has 0 atom stereocenters. The molecule has 0 radical (unpaired) electrons. The Bertz CT molecular complexity index is 1180. The first-order chi connectivity index (χ1) is 15.7. The number of halogens is 1. The maximum atomic E-state index is 10.2. The number of hydrogen-bond donors (Lipinski definition) is 1. The van der Waals surface area contributed by atoms with Crippen LogP contribution in [0.2, 0.25) is 0 Å². The lowest BCUT2D eigenvalue weighted by atomic mass is 9.89. The summed E-state index contributed by atoms with van der Waals surface area (Å²) in [4.78, 5) is 4.57. The molecule has 1 N–H and O–H groups in total. The van der Waals surface area contributed by atoms with Crippen LogP contribution in [0.1, 0.15) is 16.7 Å². The van der Waals surface area contributed by atoms with Crippen LogP contribution in [0.5, 0.6) is 5.75 Å². The molecule has 0 aromatic heterocycles. The minimum absolute atomic E-state index is 0.322. The lowest BCUT2D eigenvalue weighted by Gasteiger charge is -2.38. The van der Waals surface area contributed by atoms with E-state index in [0.717, 1.165) is 65.5 Å². The van der Waals surface area contributed by atoms with Crippen molar-refractivity contribution >= 4 is 39.1 Å². The van der Waals surface area contributed by atoms with Gasteiger partial charge in [-0.05, 0) is 64.8 Å². The summed E-state index contributed by atoms with van der Waals surface area (Å²) in [7, 11) is 0. The molecule has 0 spiro atoms. The van der Waals surface area contributed by atoms with Gasteiger partial charge in [0.05, 0.1) is 16.9 Å². The fraction of sp³-hybridized carbons (Fsp3) is 0.269. The summed E-state index contributed by atoms with van der Waals surface area (Å²) in [6.45, 7) is 3.25. The minimum Gasteiger partial charge on any atom is -0.506 e. The molecule has 3 aromatic carbocycles. The topological polar surface area (TPSA) is 50.5 Å². The lowest BCUT2D eigenvalue weighted by Crippen LogP contribution is -2.47. The number of phenols is 1. The number of nitriles is 1. The third-order valence-electron chi connectivity index (χ3n) is 6.38. The quantitative estimate of drug-likeness (QED) is 0.486. The van der Waals surface area contributed by atoms with Gasteiger partial charge in [-0.25, -0.2) is 0 Å².